The lowest BCUT2D eigenvalue weighted by Crippen LogP contribution is -2.48. The lowest BCUT2D eigenvalue weighted by atomic mass is 10.2. The van der Waals surface area contributed by atoms with Gasteiger partial charge in [0.05, 0.1) is 33.9 Å². The van der Waals surface area contributed by atoms with Crippen molar-refractivity contribution in [3.63, 3.8) is 0 Å². The summed E-state index contributed by atoms with van der Waals surface area (Å²) >= 11 is 7.51. The van der Waals surface area contributed by atoms with Crippen LogP contribution in [0.25, 0.3) is 10.2 Å². The summed E-state index contributed by atoms with van der Waals surface area (Å²) in [5.74, 6) is -0.453. The molecule has 0 saturated carbocycles. The maximum atomic E-state index is 13.1. The van der Waals surface area contributed by atoms with Crippen LogP contribution in [-0.4, -0.2) is 61.7 Å². The Balaban J connectivity index is 1.62. The number of carbonyl (C=O) groups excluding carboxylic acids is 1. The highest BCUT2D eigenvalue weighted by Gasteiger charge is 2.32. The molecule has 4 rings (SSSR count). The molecule has 2 aromatic carbocycles. The van der Waals surface area contributed by atoms with Crippen molar-refractivity contribution in [3.8, 4) is 0 Å². The van der Waals surface area contributed by atoms with Crippen LogP contribution in [0.3, 0.4) is 0 Å². The Hall–Kier alpha value is -2.08. The number of benzene rings is 2. The van der Waals surface area contributed by atoms with Crippen LogP contribution in [0.1, 0.15) is 31.1 Å². The minimum absolute atomic E-state index is 0.138. The predicted octanol–water partition coefficient (Wildman–Crippen LogP) is 3.93. The highest BCUT2D eigenvalue weighted by molar-refractivity contribution is 7.89. The third-order valence-electron chi connectivity index (χ3n) is 5.63. The van der Waals surface area contributed by atoms with E-state index in [9.17, 15) is 13.2 Å². The largest absolute Gasteiger partial charge is 0.380 e. The second-order valence-corrected chi connectivity index (χ2v) is 11.7. The molecule has 0 aliphatic carbocycles. The zero-order valence-corrected chi connectivity index (χ0v) is 22.2. The van der Waals surface area contributed by atoms with Crippen LogP contribution < -0.4 is 4.80 Å². The zero-order chi connectivity index (χ0) is 25.2. The molecule has 2 atom stereocenters. The molecule has 0 spiro atoms. The number of fused-ring (bicyclic) bond motifs is 1. The first kappa shape index (κ1) is 26.0. The number of morpholine rings is 1. The Morgan fingerprint density at radius 2 is 1.86 bits per heavy atom. The van der Waals surface area contributed by atoms with Crippen LogP contribution in [-0.2, 0) is 26.0 Å². The summed E-state index contributed by atoms with van der Waals surface area (Å²) in [6.45, 7) is 7.83. The number of thiazole rings is 1. The van der Waals surface area contributed by atoms with E-state index in [-0.39, 0.29) is 17.1 Å². The van der Waals surface area contributed by atoms with E-state index < -0.39 is 15.9 Å². The topological polar surface area (TPSA) is 90.2 Å². The van der Waals surface area contributed by atoms with Crippen molar-refractivity contribution >= 4 is 49.1 Å². The molecule has 1 aliphatic rings. The van der Waals surface area contributed by atoms with E-state index in [2.05, 4.69) is 4.99 Å². The normalized spacial score (nSPS) is 19.9. The van der Waals surface area contributed by atoms with Crippen molar-refractivity contribution in [2.24, 2.45) is 4.99 Å². The van der Waals surface area contributed by atoms with Crippen LogP contribution in [0.4, 0.5) is 0 Å². The number of hydrogen-bond donors (Lipinski definition) is 0. The van der Waals surface area contributed by atoms with Crippen molar-refractivity contribution in [1.82, 2.24) is 8.87 Å². The minimum Gasteiger partial charge on any atom is -0.380 e. The molecule has 1 amide bonds. The van der Waals surface area contributed by atoms with Gasteiger partial charge in [-0.15, -0.1) is 0 Å². The fourth-order valence-electron chi connectivity index (χ4n) is 4.05. The lowest BCUT2D eigenvalue weighted by Gasteiger charge is -2.34. The number of aromatic nitrogens is 1. The molecule has 3 aromatic rings. The zero-order valence-electron chi connectivity index (χ0n) is 19.8. The molecule has 0 bridgehead atoms. The Morgan fingerprint density at radius 3 is 2.51 bits per heavy atom. The van der Waals surface area contributed by atoms with E-state index in [1.807, 2.05) is 37.5 Å². The van der Waals surface area contributed by atoms with Crippen LogP contribution in [0, 0.1) is 0 Å². The summed E-state index contributed by atoms with van der Waals surface area (Å²) in [4.78, 5) is 18.0. The average Bonchev–Trinajstić information content (AvgIpc) is 3.14. The van der Waals surface area contributed by atoms with Crippen molar-refractivity contribution in [3.05, 3.63) is 57.9 Å². The van der Waals surface area contributed by atoms with Gasteiger partial charge in [-0.25, -0.2) is 8.42 Å². The second-order valence-electron chi connectivity index (χ2n) is 8.37. The van der Waals surface area contributed by atoms with Crippen molar-refractivity contribution in [1.29, 1.82) is 0 Å². The van der Waals surface area contributed by atoms with Gasteiger partial charge in [0, 0.05) is 36.8 Å². The molecule has 2 heterocycles. The lowest BCUT2D eigenvalue weighted by molar-refractivity contribution is -0.0440. The van der Waals surface area contributed by atoms with Gasteiger partial charge < -0.3 is 14.0 Å². The van der Waals surface area contributed by atoms with Gasteiger partial charge >= 0.3 is 0 Å². The summed E-state index contributed by atoms with van der Waals surface area (Å²) in [6.07, 6.45) is -0.363. The van der Waals surface area contributed by atoms with Crippen LogP contribution in [0.2, 0.25) is 5.02 Å². The van der Waals surface area contributed by atoms with Gasteiger partial charge in [-0.1, -0.05) is 22.9 Å². The number of carbonyl (C=O) groups is 1. The van der Waals surface area contributed by atoms with Crippen LogP contribution >= 0.6 is 22.9 Å². The Morgan fingerprint density at radius 1 is 1.17 bits per heavy atom. The van der Waals surface area contributed by atoms with E-state index >= 15 is 0 Å². The maximum absolute atomic E-state index is 13.1. The van der Waals surface area contributed by atoms with Crippen molar-refractivity contribution in [2.45, 2.75) is 44.4 Å². The molecule has 188 valence electrons. The molecule has 8 nitrogen and oxygen atoms in total. The van der Waals surface area contributed by atoms with Crippen molar-refractivity contribution < 1.29 is 22.7 Å². The number of hydrogen-bond acceptors (Lipinski definition) is 6. The maximum Gasteiger partial charge on any atom is 0.279 e. The molecule has 0 radical (unpaired) electrons. The highest BCUT2D eigenvalue weighted by atomic mass is 35.5. The number of ether oxygens (including phenoxy) is 2. The Kier molecular flexibility index (Phi) is 8.09. The molecule has 1 saturated heterocycles. The summed E-state index contributed by atoms with van der Waals surface area (Å²) in [5, 5.41) is 0.606. The third kappa shape index (κ3) is 5.84. The van der Waals surface area contributed by atoms with E-state index in [0.717, 1.165) is 10.2 Å². The monoisotopic (exact) mass is 537 g/mol. The Bertz CT molecular complexity index is 1370. The predicted molar refractivity (Wildman–Crippen MR) is 136 cm³/mol. The first-order chi connectivity index (χ1) is 16.7. The van der Waals surface area contributed by atoms with E-state index in [1.165, 1.54) is 39.9 Å². The number of amides is 1. The quantitative estimate of drug-likeness (QED) is 0.426. The molecule has 35 heavy (non-hydrogen) atoms. The first-order valence-corrected chi connectivity index (χ1v) is 14.0. The fraction of sp³-hybridized carbons (Fsp3) is 0.417. The molecular formula is C24H28ClN3O5S2. The van der Waals surface area contributed by atoms with Gasteiger partial charge in [0.1, 0.15) is 0 Å². The van der Waals surface area contributed by atoms with Crippen molar-refractivity contribution in [2.75, 3.05) is 26.3 Å². The van der Waals surface area contributed by atoms with E-state index in [4.69, 9.17) is 21.1 Å². The average molecular weight is 538 g/mol. The van der Waals surface area contributed by atoms with E-state index in [0.29, 0.717) is 48.2 Å². The number of halogens is 1. The standard InChI is InChI=1S/C24H28ClN3O5S2/c1-4-32-12-11-28-21-10-7-19(25)13-22(21)34-24(28)26-23(29)18-5-8-20(9-6-18)35(30,31)27-14-16(2)33-17(3)15-27/h5-10,13,16-17H,4,11-12,14-15H2,1-3H3. The molecular weight excluding hydrogens is 510 g/mol. The second kappa shape index (κ2) is 10.9. The van der Waals surface area contributed by atoms with Gasteiger partial charge in [-0.2, -0.15) is 9.30 Å². The summed E-state index contributed by atoms with van der Waals surface area (Å²) < 4.78 is 41.6. The van der Waals surface area contributed by atoms with Gasteiger partial charge in [0.2, 0.25) is 10.0 Å². The number of rotatable bonds is 7. The summed E-state index contributed by atoms with van der Waals surface area (Å²) in [7, 11) is -3.69. The molecule has 0 N–H and O–H groups in total. The summed E-state index contributed by atoms with van der Waals surface area (Å²) in [6, 6.07) is 11.5. The molecule has 1 fully saturated rings. The third-order valence-corrected chi connectivity index (χ3v) is 8.75. The first-order valence-electron chi connectivity index (χ1n) is 11.4. The molecule has 2 unspecified atom stereocenters. The molecule has 11 heteroatoms. The molecule has 1 aliphatic heterocycles. The van der Waals surface area contributed by atoms with Crippen LogP contribution in [0.5, 0.6) is 0 Å². The highest BCUT2D eigenvalue weighted by Crippen LogP contribution is 2.23. The van der Waals surface area contributed by atoms with Gasteiger partial charge in [-0.3, -0.25) is 4.79 Å². The van der Waals surface area contributed by atoms with Crippen LogP contribution in [0.15, 0.2) is 52.4 Å². The smallest absolute Gasteiger partial charge is 0.279 e. The van der Waals surface area contributed by atoms with Gasteiger partial charge in [-0.05, 0) is 63.2 Å². The SMILES string of the molecule is CCOCCn1c(=NC(=O)c2ccc(S(=O)(=O)N3CC(C)OC(C)C3)cc2)sc2cc(Cl)ccc21. The van der Waals surface area contributed by atoms with E-state index in [1.54, 1.807) is 6.07 Å². The Labute approximate surface area is 213 Å². The van der Waals surface area contributed by atoms with Gasteiger partial charge in [0.25, 0.3) is 5.91 Å². The number of nitrogens with zero attached hydrogens (tertiary/aromatic N) is 3. The summed E-state index contributed by atoms with van der Waals surface area (Å²) in [5.41, 5.74) is 1.22. The molecule has 1 aromatic heterocycles. The minimum atomic E-state index is -3.69. The number of sulfonamides is 1. The fourth-order valence-corrected chi connectivity index (χ4v) is 6.97. The van der Waals surface area contributed by atoms with Gasteiger partial charge in [0.15, 0.2) is 4.80 Å².